The fourth-order valence-corrected chi connectivity index (χ4v) is 3.66. The molecular formula is C18H20N4O. The van der Waals surface area contributed by atoms with Gasteiger partial charge in [0.15, 0.2) is 0 Å². The molecule has 0 atom stereocenters. The molecule has 0 amide bonds. The Morgan fingerprint density at radius 2 is 2.26 bits per heavy atom. The van der Waals surface area contributed by atoms with Crippen molar-refractivity contribution >= 4 is 16.8 Å². The zero-order chi connectivity index (χ0) is 16.4. The summed E-state index contributed by atoms with van der Waals surface area (Å²) in [5.41, 5.74) is 6.67. The number of ketones is 1. The van der Waals surface area contributed by atoms with Crippen molar-refractivity contribution in [3.05, 3.63) is 36.1 Å². The molecule has 0 unspecified atom stereocenters. The molecule has 2 aromatic rings. The van der Waals surface area contributed by atoms with Gasteiger partial charge in [-0.15, -0.1) is 6.42 Å². The van der Waals surface area contributed by atoms with Crippen LogP contribution in [-0.4, -0.2) is 20.3 Å². The second kappa shape index (κ2) is 5.88. The average molecular weight is 308 g/mol. The van der Waals surface area contributed by atoms with E-state index in [1.54, 1.807) is 6.20 Å². The quantitative estimate of drug-likeness (QED) is 0.535. The number of allylic oxidation sites excluding steroid dienone is 1. The van der Waals surface area contributed by atoms with Crippen LogP contribution in [0.5, 0.6) is 0 Å². The largest absolute Gasteiger partial charge is 0.404 e. The van der Waals surface area contributed by atoms with E-state index in [4.69, 9.17) is 12.2 Å². The van der Waals surface area contributed by atoms with Gasteiger partial charge >= 0.3 is 0 Å². The molecule has 0 bridgehead atoms. The third kappa shape index (κ3) is 2.40. The van der Waals surface area contributed by atoms with Crippen LogP contribution in [0.25, 0.3) is 11.0 Å². The van der Waals surface area contributed by atoms with Gasteiger partial charge < -0.3 is 10.3 Å². The average Bonchev–Trinajstić information content (AvgIpc) is 3.19. The van der Waals surface area contributed by atoms with E-state index in [1.807, 2.05) is 6.07 Å². The number of carbonyl (C=O) groups is 1. The van der Waals surface area contributed by atoms with E-state index < -0.39 is 0 Å². The predicted molar refractivity (Wildman–Crippen MR) is 89.9 cm³/mol. The van der Waals surface area contributed by atoms with Crippen LogP contribution in [0.2, 0.25) is 0 Å². The summed E-state index contributed by atoms with van der Waals surface area (Å²) in [4.78, 5) is 21.2. The molecule has 2 N–H and O–H groups in total. The zero-order valence-electron chi connectivity index (χ0n) is 13.2. The molecule has 1 fully saturated rings. The third-order valence-corrected chi connectivity index (χ3v) is 4.84. The summed E-state index contributed by atoms with van der Waals surface area (Å²) in [6, 6.07) is 1.84. The number of hydrogen-bond donors (Lipinski definition) is 1. The molecule has 0 radical (unpaired) electrons. The maximum atomic E-state index is 12.5. The second-order valence-electron chi connectivity index (χ2n) is 5.99. The van der Waals surface area contributed by atoms with Gasteiger partial charge in [0.05, 0.1) is 5.69 Å². The number of nitrogens with zero attached hydrogens (tertiary/aromatic N) is 3. The topological polar surface area (TPSA) is 73.8 Å². The van der Waals surface area contributed by atoms with Crippen LogP contribution < -0.4 is 5.73 Å². The molecule has 5 nitrogen and oxygen atoms in total. The van der Waals surface area contributed by atoms with Crippen LogP contribution in [0, 0.1) is 12.3 Å². The Morgan fingerprint density at radius 3 is 2.87 bits per heavy atom. The summed E-state index contributed by atoms with van der Waals surface area (Å²) in [6.45, 7) is 2.16. The standard InChI is InChI=1S/C18H20N4O/c1-3-16-20-12-13-11-14(15(23)7-10-19)22(17(13)21-16)18(4-2)8-5-6-9-18/h1,7,10-12H,4-6,8-9,19H2,2H3/b10-7+. The predicted octanol–water partition coefficient (Wildman–Crippen LogP) is 2.75. The fraction of sp³-hybridized carbons (Fsp3) is 0.389. The first-order valence-electron chi connectivity index (χ1n) is 7.93. The smallest absolute Gasteiger partial charge is 0.206 e. The van der Waals surface area contributed by atoms with Gasteiger partial charge in [0.2, 0.25) is 11.6 Å². The zero-order valence-corrected chi connectivity index (χ0v) is 13.2. The maximum Gasteiger partial charge on any atom is 0.206 e. The molecule has 0 aromatic carbocycles. The van der Waals surface area contributed by atoms with Gasteiger partial charge in [-0.1, -0.05) is 19.8 Å². The molecule has 0 aliphatic heterocycles. The van der Waals surface area contributed by atoms with E-state index in [9.17, 15) is 4.79 Å². The van der Waals surface area contributed by atoms with E-state index in [1.165, 1.54) is 12.3 Å². The Kier molecular flexibility index (Phi) is 3.91. The molecular weight excluding hydrogens is 288 g/mol. The summed E-state index contributed by atoms with van der Waals surface area (Å²) in [5.74, 6) is 2.70. The Balaban J connectivity index is 2.32. The summed E-state index contributed by atoms with van der Waals surface area (Å²) in [6.07, 6.45) is 15.1. The van der Waals surface area contributed by atoms with Crippen LogP contribution in [0.4, 0.5) is 0 Å². The highest BCUT2D eigenvalue weighted by atomic mass is 16.1. The van der Waals surface area contributed by atoms with Crippen LogP contribution >= 0.6 is 0 Å². The summed E-state index contributed by atoms with van der Waals surface area (Å²) < 4.78 is 2.08. The molecule has 1 saturated carbocycles. The molecule has 118 valence electrons. The maximum absolute atomic E-state index is 12.5. The van der Waals surface area contributed by atoms with E-state index in [2.05, 4.69) is 27.4 Å². The lowest BCUT2D eigenvalue weighted by Crippen LogP contribution is -2.32. The molecule has 0 saturated heterocycles. The lowest BCUT2D eigenvalue weighted by Gasteiger charge is -2.32. The fourth-order valence-electron chi connectivity index (χ4n) is 3.66. The number of hydrogen-bond acceptors (Lipinski definition) is 4. The van der Waals surface area contributed by atoms with E-state index in [0.29, 0.717) is 11.5 Å². The van der Waals surface area contributed by atoms with Gasteiger partial charge in [0.1, 0.15) is 5.65 Å². The summed E-state index contributed by atoms with van der Waals surface area (Å²) >= 11 is 0. The van der Waals surface area contributed by atoms with Crippen molar-refractivity contribution in [1.82, 2.24) is 14.5 Å². The Hall–Kier alpha value is -2.61. The van der Waals surface area contributed by atoms with Gasteiger partial charge in [-0.2, -0.15) is 0 Å². The molecule has 2 aromatic heterocycles. The third-order valence-electron chi connectivity index (χ3n) is 4.84. The van der Waals surface area contributed by atoms with Gasteiger partial charge in [-0.25, -0.2) is 9.97 Å². The van der Waals surface area contributed by atoms with Crippen LogP contribution in [0.3, 0.4) is 0 Å². The lowest BCUT2D eigenvalue weighted by molar-refractivity contribution is 0.102. The van der Waals surface area contributed by atoms with Crippen molar-refractivity contribution in [1.29, 1.82) is 0 Å². The number of rotatable bonds is 4. The minimum Gasteiger partial charge on any atom is -0.404 e. The highest BCUT2D eigenvalue weighted by Crippen LogP contribution is 2.42. The van der Waals surface area contributed by atoms with Crippen molar-refractivity contribution in [3.8, 4) is 12.3 Å². The second-order valence-corrected chi connectivity index (χ2v) is 5.99. The van der Waals surface area contributed by atoms with Gasteiger partial charge in [-0.3, -0.25) is 4.79 Å². The number of aromatic nitrogens is 3. The molecule has 3 rings (SSSR count). The van der Waals surface area contributed by atoms with Crippen molar-refractivity contribution in [2.75, 3.05) is 0 Å². The van der Waals surface area contributed by atoms with Gasteiger partial charge in [0, 0.05) is 23.2 Å². The minimum absolute atomic E-state index is 0.0879. The van der Waals surface area contributed by atoms with Crippen molar-refractivity contribution < 1.29 is 4.79 Å². The number of fused-ring (bicyclic) bond motifs is 1. The van der Waals surface area contributed by atoms with E-state index in [-0.39, 0.29) is 11.3 Å². The molecule has 1 aliphatic carbocycles. The number of carbonyl (C=O) groups excluding carboxylic acids is 1. The first-order valence-corrected chi connectivity index (χ1v) is 7.93. The van der Waals surface area contributed by atoms with Crippen LogP contribution in [0.1, 0.15) is 55.3 Å². The molecule has 23 heavy (non-hydrogen) atoms. The number of terminal acetylenes is 1. The summed E-state index contributed by atoms with van der Waals surface area (Å²) in [7, 11) is 0. The van der Waals surface area contributed by atoms with Crippen LogP contribution in [0.15, 0.2) is 24.5 Å². The minimum atomic E-state index is -0.118. The Labute approximate surface area is 135 Å². The highest BCUT2D eigenvalue weighted by molar-refractivity contribution is 6.06. The Bertz CT molecular complexity index is 819. The van der Waals surface area contributed by atoms with Gasteiger partial charge in [-0.05, 0) is 37.4 Å². The normalized spacial score (nSPS) is 16.9. The molecule has 5 heteroatoms. The Morgan fingerprint density at radius 1 is 1.52 bits per heavy atom. The first kappa shape index (κ1) is 15.3. The van der Waals surface area contributed by atoms with Crippen molar-refractivity contribution in [2.45, 2.75) is 44.6 Å². The van der Waals surface area contributed by atoms with Crippen LogP contribution in [-0.2, 0) is 5.54 Å². The SMILES string of the molecule is C#Cc1ncc2cc(C(=O)/C=C/N)n(C3(CC)CCCC3)c2n1. The number of nitrogens with two attached hydrogens (primary N) is 1. The monoisotopic (exact) mass is 308 g/mol. The van der Waals surface area contributed by atoms with E-state index >= 15 is 0 Å². The molecule has 0 spiro atoms. The summed E-state index contributed by atoms with van der Waals surface area (Å²) in [5, 5.41) is 0.831. The van der Waals surface area contributed by atoms with Crippen molar-refractivity contribution in [2.24, 2.45) is 5.73 Å². The lowest BCUT2D eigenvalue weighted by atomic mass is 9.93. The van der Waals surface area contributed by atoms with Crippen molar-refractivity contribution in [3.63, 3.8) is 0 Å². The van der Waals surface area contributed by atoms with Gasteiger partial charge in [0.25, 0.3) is 0 Å². The first-order chi connectivity index (χ1) is 11.1. The molecule has 1 aliphatic rings. The highest BCUT2D eigenvalue weighted by Gasteiger charge is 2.37. The molecule has 2 heterocycles. The van der Waals surface area contributed by atoms with E-state index in [0.717, 1.165) is 43.1 Å².